The number of hydrogen-bond donors (Lipinski definition) is 1. The van der Waals surface area contributed by atoms with Crippen molar-refractivity contribution in [3.8, 4) is 0 Å². The van der Waals surface area contributed by atoms with Crippen LogP contribution in [0.1, 0.15) is 48.0 Å². The molecule has 0 fully saturated rings. The summed E-state index contributed by atoms with van der Waals surface area (Å²) in [7, 11) is 2.04. The fourth-order valence-electron chi connectivity index (χ4n) is 3.30. The van der Waals surface area contributed by atoms with E-state index in [1.165, 1.54) is 16.7 Å². The SMILES string of the molecule is CNC1c2ccccc2C(C)CC1n1cc(C)cn1. The van der Waals surface area contributed by atoms with Gasteiger partial charge in [0.25, 0.3) is 0 Å². The molecule has 0 bridgehead atoms. The molecule has 1 N–H and O–H groups in total. The molecule has 0 radical (unpaired) electrons. The van der Waals surface area contributed by atoms with Gasteiger partial charge < -0.3 is 5.32 Å². The predicted octanol–water partition coefficient (Wildman–Crippen LogP) is 3.20. The molecule has 3 atom stereocenters. The number of benzene rings is 1. The zero-order valence-corrected chi connectivity index (χ0v) is 11.8. The molecule has 100 valence electrons. The van der Waals surface area contributed by atoms with Crippen molar-refractivity contribution in [2.75, 3.05) is 7.05 Å². The van der Waals surface area contributed by atoms with Gasteiger partial charge in [0.2, 0.25) is 0 Å². The van der Waals surface area contributed by atoms with E-state index in [4.69, 9.17) is 0 Å². The maximum atomic E-state index is 4.52. The van der Waals surface area contributed by atoms with Gasteiger partial charge in [-0.2, -0.15) is 5.10 Å². The first kappa shape index (κ1) is 12.4. The largest absolute Gasteiger partial charge is 0.311 e. The van der Waals surface area contributed by atoms with Crippen LogP contribution >= 0.6 is 0 Å². The molecule has 1 aromatic heterocycles. The molecule has 3 heteroatoms. The summed E-state index contributed by atoms with van der Waals surface area (Å²) in [5.74, 6) is 0.579. The van der Waals surface area contributed by atoms with Crippen LogP contribution in [0.25, 0.3) is 0 Å². The van der Waals surface area contributed by atoms with Crippen molar-refractivity contribution in [2.24, 2.45) is 0 Å². The fourth-order valence-corrected chi connectivity index (χ4v) is 3.30. The molecule has 1 aliphatic rings. The highest BCUT2D eigenvalue weighted by Gasteiger charge is 2.33. The standard InChI is InChI=1S/C16H21N3/c1-11-9-18-19(10-11)15-8-12(2)13-6-4-5-7-14(13)16(15)17-3/h4-7,9-10,12,15-17H,8H2,1-3H3. The van der Waals surface area contributed by atoms with E-state index in [0.717, 1.165) is 6.42 Å². The Kier molecular flexibility index (Phi) is 3.15. The fraction of sp³-hybridized carbons (Fsp3) is 0.438. The first-order valence-corrected chi connectivity index (χ1v) is 6.97. The minimum atomic E-state index is 0.340. The number of aryl methyl sites for hydroxylation is 1. The van der Waals surface area contributed by atoms with Gasteiger partial charge in [-0.05, 0) is 43.0 Å². The number of likely N-dealkylation sites (N-methyl/N-ethyl adjacent to an activating group) is 1. The molecule has 0 saturated heterocycles. The number of hydrogen-bond acceptors (Lipinski definition) is 2. The Balaban J connectivity index is 2.04. The van der Waals surface area contributed by atoms with Gasteiger partial charge in [-0.3, -0.25) is 4.68 Å². The Bertz CT molecular complexity index is 573. The second-order valence-electron chi connectivity index (χ2n) is 5.60. The predicted molar refractivity (Wildman–Crippen MR) is 77.3 cm³/mol. The third-order valence-corrected chi connectivity index (χ3v) is 4.22. The number of nitrogens with one attached hydrogen (secondary N) is 1. The Labute approximate surface area is 114 Å². The molecule has 0 aliphatic heterocycles. The molecule has 1 aromatic carbocycles. The summed E-state index contributed by atoms with van der Waals surface area (Å²) in [6.45, 7) is 4.41. The lowest BCUT2D eigenvalue weighted by Crippen LogP contribution is -2.33. The van der Waals surface area contributed by atoms with Gasteiger partial charge in [0, 0.05) is 6.20 Å². The van der Waals surface area contributed by atoms with Crippen LogP contribution in [0, 0.1) is 6.92 Å². The van der Waals surface area contributed by atoms with Gasteiger partial charge in [0.1, 0.15) is 0 Å². The molecule has 0 saturated carbocycles. The normalized spacial score (nSPS) is 26.2. The number of rotatable bonds is 2. The molecule has 0 amide bonds. The van der Waals surface area contributed by atoms with Crippen molar-refractivity contribution in [1.29, 1.82) is 0 Å². The second kappa shape index (κ2) is 4.82. The highest BCUT2D eigenvalue weighted by molar-refractivity contribution is 5.36. The Hall–Kier alpha value is -1.61. The summed E-state index contributed by atoms with van der Waals surface area (Å²) in [5.41, 5.74) is 4.12. The van der Waals surface area contributed by atoms with E-state index in [1.54, 1.807) is 0 Å². The van der Waals surface area contributed by atoms with Gasteiger partial charge in [0.05, 0.1) is 18.3 Å². The minimum Gasteiger partial charge on any atom is -0.311 e. The van der Waals surface area contributed by atoms with Crippen molar-refractivity contribution >= 4 is 0 Å². The maximum absolute atomic E-state index is 4.52. The molecular formula is C16H21N3. The summed E-state index contributed by atoms with van der Waals surface area (Å²) in [4.78, 5) is 0. The van der Waals surface area contributed by atoms with E-state index in [9.17, 15) is 0 Å². The molecular weight excluding hydrogens is 234 g/mol. The van der Waals surface area contributed by atoms with Gasteiger partial charge in [-0.15, -0.1) is 0 Å². The summed E-state index contributed by atoms with van der Waals surface area (Å²) in [6, 6.07) is 9.51. The van der Waals surface area contributed by atoms with Gasteiger partial charge >= 0.3 is 0 Å². The second-order valence-corrected chi connectivity index (χ2v) is 5.60. The zero-order chi connectivity index (χ0) is 13.4. The molecule has 0 spiro atoms. The van der Waals surface area contributed by atoms with E-state index in [1.807, 2.05) is 13.2 Å². The highest BCUT2D eigenvalue weighted by Crippen LogP contribution is 2.43. The quantitative estimate of drug-likeness (QED) is 0.893. The summed E-state index contributed by atoms with van der Waals surface area (Å²) >= 11 is 0. The zero-order valence-electron chi connectivity index (χ0n) is 11.8. The van der Waals surface area contributed by atoms with Crippen LogP contribution in [-0.4, -0.2) is 16.8 Å². The smallest absolute Gasteiger partial charge is 0.0719 e. The summed E-state index contributed by atoms with van der Waals surface area (Å²) < 4.78 is 2.13. The number of nitrogens with zero attached hydrogens (tertiary/aromatic N) is 2. The Morgan fingerprint density at radius 1 is 1.26 bits per heavy atom. The summed E-state index contributed by atoms with van der Waals surface area (Å²) in [5, 5.41) is 8.00. The van der Waals surface area contributed by atoms with E-state index in [-0.39, 0.29) is 0 Å². The molecule has 19 heavy (non-hydrogen) atoms. The van der Waals surface area contributed by atoms with E-state index in [2.05, 4.69) is 59.4 Å². The van der Waals surface area contributed by atoms with Crippen molar-refractivity contribution < 1.29 is 0 Å². The maximum Gasteiger partial charge on any atom is 0.0719 e. The van der Waals surface area contributed by atoms with Crippen molar-refractivity contribution in [3.63, 3.8) is 0 Å². The highest BCUT2D eigenvalue weighted by atomic mass is 15.3. The van der Waals surface area contributed by atoms with Crippen LogP contribution in [0.15, 0.2) is 36.7 Å². The van der Waals surface area contributed by atoms with Crippen molar-refractivity contribution in [3.05, 3.63) is 53.3 Å². The molecule has 3 rings (SSSR count). The lowest BCUT2D eigenvalue weighted by molar-refractivity contribution is 0.289. The third-order valence-electron chi connectivity index (χ3n) is 4.22. The molecule has 1 heterocycles. The third kappa shape index (κ3) is 2.08. The first-order valence-electron chi connectivity index (χ1n) is 6.97. The van der Waals surface area contributed by atoms with Gasteiger partial charge in [-0.1, -0.05) is 31.2 Å². The number of aromatic nitrogens is 2. The summed E-state index contributed by atoms with van der Waals surface area (Å²) in [6.07, 6.45) is 5.22. The average molecular weight is 255 g/mol. The molecule has 2 aromatic rings. The lowest BCUT2D eigenvalue weighted by atomic mass is 9.78. The van der Waals surface area contributed by atoms with Crippen LogP contribution in [0.4, 0.5) is 0 Å². The van der Waals surface area contributed by atoms with Gasteiger partial charge in [-0.25, -0.2) is 0 Å². The van der Waals surface area contributed by atoms with E-state index < -0.39 is 0 Å². The van der Waals surface area contributed by atoms with Crippen LogP contribution in [0.5, 0.6) is 0 Å². The van der Waals surface area contributed by atoms with E-state index in [0.29, 0.717) is 18.0 Å². The lowest BCUT2D eigenvalue weighted by Gasteiger charge is -2.37. The molecule has 3 unspecified atom stereocenters. The van der Waals surface area contributed by atoms with Crippen molar-refractivity contribution in [1.82, 2.24) is 15.1 Å². The Morgan fingerprint density at radius 3 is 2.63 bits per heavy atom. The average Bonchev–Trinajstić information content (AvgIpc) is 2.85. The minimum absolute atomic E-state index is 0.340. The topological polar surface area (TPSA) is 29.9 Å². The van der Waals surface area contributed by atoms with Crippen LogP contribution in [-0.2, 0) is 0 Å². The molecule has 3 nitrogen and oxygen atoms in total. The van der Waals surface area contributed by atoms with E-state index >= 15 is 0 Å². The monoisotopic (exact) mass is 255 g/mol. The van der Waals surface area contributed by atoms with Crippen LogP contribution in [0.2, 0.25) is 0 Å². The first-order chi connectivity index (χ1) is 9.20. The Morgan fingerprint density at radius 2 is 2.00 bits per heavy atom. The van der Waals surface area contributed by atoms with Crippen LogP contribution in [0.3, 0.4) is 0 Å². The molecule has 1 aliphatic carbocycles. The van der Waals surface area contributed by atoms with Gasteiger partial charge in [0.15, 0.2) is 0 Å². The van der Waals surface area contributed by atoms with Crippen LogP contribution < -0.4 is 5.32 Å². The number of fused-ring (bicyclic) bond motifs is 1. The van der Waals surface area contributed by atoms with Crippen molar-refractivity contribution in [2.45, 2.75) is 38.3 Å².